The molecule has 1 atom stereocenters. The molecule has 0 radical (unpaired) electrons. The van der Waals surface area contributed by atoms with Crippen molar-refractivity contribution >= 4 is 23.2 Å². The Morgan fingerprint density at radius 2 is 1.93 bits per heavy atom. The van der Waals surface area contributed by atoms with E-state index in [-0.39, 0.29) is 11.6 Å². The maximum atomic E-state index is 12.8. The van der Waals surface area contributed by atoms with Gasteiger partial charge in [0.1, 0.15) is 10.5 Å². The summed E-state index contributed by atoms with van der Waals surface area (Å²) in [6, 6.07) is 11.9. The summed E-state index contributed by atoms with van der Waals surface area (Å²) in [4.78, 5) is 31.0. The highest BCUT2D eigenvalue weighted by Gasteiger charge is 2.40. The minimum Gasteiger partial charge on any atom is -0.448 e. The van der Waals surface area contributed by atoms with Gasteiger partial charge in [0.2, 0.25) is 0 Å². The van der Waals surface area contributed by atoms with Gasteiger partial charge in [-0.25, -0.2) is 9.78 Å². The molecule has 1 heterocycles. The molecule has 0 unspecified atom stereocenters. The van der Waals surface area contributed by atoms with Crippen LogP contribution in [0.5, 0.6) is 0 Å². The molecule has 1 fully saturated rings. The second-order valence-corrected chi connectivity index (χ2v) is 7.91. The van der Waals surface area contributed by atoms with Crippen LogP contribution in [0.15, 0.2) is 35.7 Å². The zero-order chi connectivity index (χ0) is 20.1. The second kappa shape index (κ2) is 8.53. The number of likely N-dealkylation sites (N-methyl/N-ethyl adjacent to an activating group) is 1. The standard InChI is InChI=1S/C21H23N3O3S/c1-15(19(25)24(2)21(14-22)11-7-4-8-12-21)27-20(26)17-13-28-18(23-17)16-9-5-3-6-10-16/h3,5-6,9-10,13,15H,4,7-8,11-12H2,1-2H3/t15-/m0/s1. The fourth-order valence-electron chi connectivity index (χ4n) is 3.49. The van der Waals surface area contributed by atoms with Crippen molar-refractivity contribution in [1.29, 1.82) is 5.26 Å². The normalized spacial score (nSPS) is 16.6. The van der Waals surface area contributed by atoms with Crippen molar-refractivity contribution in [3.63, 3.8) is 0 Å². The molecule has 1 aromatic carbocycles. The Bertz CT molecular complexity index is 882. The monoisotopic (exact) mass is 397 g/mol. The van der Waals surface area contributed by atoms with Gasteiger partial charge in [-0.3, -0.25) is 4.79 Å². The van der Waals surface area contributed by atoms with Crippen LogP contribution in [0.2, 0.25) is 0 Å². The zero-order valence-corrected chi connectivity index (χ0v) is 16.9. The fourth-order valence-corrected chi connectivity index (χ4v) is 4.29. The van der Waals surface area contributed by atoms with Crippen molar-refractivity contribution in [2.75, 3.05) is 7.05 Å². The number of benzene rings is 1. The van der Waals surface area contributed by atoms with Gasteiger partial charge < -0.3 is 9.64 Å². The lowest BCUT2D eigenvalue weighted by Crippen LogP contribution is -2.53. The first kappa shape index (κ1) is 20.0. The van der Waals surface area contributed by atoms with Gasteiger partial charge in [-0.2, -0.15) is 5.26 Å². The van der Waals surface area contributed by atoms with Crippen molar-refractivity contribution in [1.82, 2.24) is 9.88 Å². The van der Waals surface area contributed by atoms with Gasteiger partial charge in [0.05, 0.1) is 6.07 Å². The lowest BCUT2D eigenvalue weighted by Gasteiger charge is -2.39. The van der Waals surface area contributed by atoms with Crippen LogP contribution in [0.3, 0.4) is 0 Å². The molecule has 1 saturated carbocycles. The summed E-state index contributed by atoms with van der Waals surface area (Å²) in [5.41, 5.74) is 0.291. The number of nitriles is 1. The Kier molecular flexibility index (Phi) is 6.10. The van der Waals surface area contributed by atoms with Gasteiger partial charge in [0, 0.05) is 18.0 Å². The quantitative estimate of drug-likeness (QED) is 0.711. The average Bonchev–Trinajstić information content (AvgIpc) is 3.24. The van der Waals surface area contributed by atoms with Gasteiger partial charge in [0.25, 0.3) is 5.91 Å². The SMILES string of the molecule is C[C@H](OC(=O)c1csc(-c2ccccc2)n1)C(=O)N(C)C1(C#N)CCCCC1. The summed E-state index contributed by atoms with van der Waals surface area (Å²) in [7, 11) is 1.62. The number of hydrogen-bond donors (Lipinski definition) is 0. The number of amides is 1. The molecule has 1 aliphatic rings. The van der Waals surface area contributed by atoms with Crippen LogP contribution in [0.4, 0.5) is 0 Å². The molecule has 0 N–H and O–H groups in total. The van der Waals surface area contributed by atoms with Crippen LogP contribution in [0, 0.1) is 11.3 Å². The molecule has 0 aliphatic heterocycles. The molecule has 0 saturated heterocycles. The number of ether oxygens (including phenoxy) is 1. The first-order valence-electron chi connectivity index (χ1n) is 9.38. The highest BCUT2D eigenvalue weighted by atomic mass is 32.1. The lowest BCUT2D eigenvalue weighted by atomic mass is 9.81. The number of carbonyl (C=O) groups is 2. The number of carbonyl (C=O) groups excluding carboxylic acids is 2. The van der Waals surface area contributed by atoms with Crippen LogP contribution < -0.4 is 0 Å². The number of esters is 1. The average molecular weight is 398 g/mol. The highest BCUT2D eigenvalue weighted by Crippen LogP contribution is 2.33. The van der Waals surface area contributed by atoms with Crippen LogP contribution in [0.25, 0.3) is 10.6 Å². The van der Waals surface area contributed by atoms with Gasteiger partial charge in [0.15, 0.2) is 11.8 Å². The van der Waals surface area contributed by atoms with Crippen molar-refractivity contribution in [3.05, 3.63) is 41.4 Å². The van der Waals surface area contributed by atoms with Crippen LogP contribution in [0.1, 0.15) is 49.5 Å². The lowest BCUT2D eigenvalue weighted by molar-refractivity contribution is -0.143. The van der Waals surface area contributed by atoms with Crippen molar-refractivity contribution in [3.8, 4) is 16.6 Å². The number of rotatable bonds is 5. The molecule has 7 heteroatoms. The molecule has 2 aromatic rings. The Balaban J connectivity index is 1.66. The van der Waals surface area contributed by atoms with Gasteiger partial charge in [-0.05, 0) is 19.8 Å². The first-order valence-corrected chi connectivity index (χ1v) is 10.3. The Morgan fingerprint density at radius 1 is 1.25 bits per heavy atom. The number of thiazole rings is 1. The molecule has 28 heavy (non-hydrogen) atoms. The Hall–Kier alpha value is -2.72. The molecule has 146 valence electrons. The Labute approximate surface area is 168 Å². The number of hydrogen-bond acceptors (Lipinski definition) is 6. The minimum absolute atomic E-state index is 0.179. The van der Waals surface area contributed by atoms with Crippen LogP contribution in [-0.4, -0.2) is 40.5 Å². The maximum Gasteiger partial charge on any atom is 0.358 e. The van der Waals surface area contributed by atoms with E-state index in [1.165, 1.54) is 23.2 Å². The molecule has 1 aliphatic carbocycles. The first-order chi connectivity index (χ1) is 13.5. The van der Waals surface area contributed by atoms with E-state index in [9.17, 15) is 14.9 Å². The highest BCUT2D eigenvalue weighted by molar-refractivity contribution is 7.13. The third kappa shape index (κ3) is 4.07. The van der Waals surface area contributed by atoms with Gasteiger partial charge >= 0.3 is 5.97 Å². The molecule has 1 aromatic heterocycles. The molecule has 3 rings (SSSR count). The van der Waals surface area contributed by atoms with E-state index in [0.717, 1.165) is 24.8 Å². The van der Waals surface area contributed by atoms with E-state index in [4.69, 9.17) is 4.74 Å². The maximum absolute atomic E-state index is 12.8. The fraction of sp³-hybridized carbons (Fsp3) is 0.429. The third-order valence-corrected chi connectivity index (χ3v) is 6.12. The topological polar surface area (TPSA) is 83.3 Å². The van der Waals surface area contributed by atoms with Gasteiger partial charge in [-0.15, -0.1) is 11.3 Å². The summed E-state index contributed by atoms with van der Waals surface area (Å²) in [6.45, 7) is 1.54. The molecule has 1 amide bonds. The van der Waals surface area contributed by atoms with E-state index in [0.29, 0.717) is 17.8 Å². The summed E-state index contributed by atoms with van der Waals surface area (Å²) >= 11 is 1.35. The second-order valence-electron chi connectivity index (χ2n) is 7.05. The van der Waals surface area contributed by atoms with E-state index in [1.807, 2.05) is 30.3 Å². The van der Waals surface area contributed by atoms with Crippen molar-refractivity contribution in [2.45, 2.75) is 50.7 Å². The van der Waals surface area contributed by atoms with Crippen molar-refractivity contribution < 1.29 is 14.3 Å². The summed E-state index contributed by atoms with van der Waals surface area (Å²) in [6.07, 6.45) is 3.23. The Morgan fingerprint density at radius 3 is 2.57 bits per heavy atom. The van der Waals surface area contributed by atoms with Gasteiger partial charge in [-0.1, -0.05) is 49.6 Å². The summed E-state index contributed by atoms with van der Waals surface area (Å²) in [5.74, 6) is -1.00. The molecular formula is C21H23N3O3S. The van der Waals surface area contributed by atoms with E-state index >= 15 is 0 Å². The molecule has 6 nitrogen and oxygen atoms in total. The predicted molar refractivity (Wildman–Crippen MR) is 107 cm³/mol. The number of nitrogens with zero attached hydrogens (tertiary/aromatic N) is 3. The van der Waals surface area contributed by atoms with Crippen molar-refractivity contribution in [2.24, 2.45) is 0 Å². The van der Waals surface area contributed by atoms with E-state index in [1.54, 1.807) is 12.4 Å². The zero-order valence-electron chi connectivity index (χ0n) is 16.1. The van der Waals surface area contributed by atoms with Crippen LogP contribution in [-0.2, 0) is 9.53 Å². The molecule has 0 bridgehead atoms. The summed E-state index contributed by atoms with van der Waals surface area (Å²) < 4.78 is 5.35. The molecular weight excluding hydrogens is 374 g/mol. The van der Waals surface area contributed by atoms with Crippen LogP contribution >= 0.6 is 11.3 Å². The van der Waals surface area contributed by atoms with E-state index < -0.39 is 17.6 Å². The minimum atomic E-state index is -0.980. The van der Waals surface area contributed by atoms with E-state index in [2.05, 4.69) is 11.1 Å². The third-order valence-electron chi connectivity index (χ3n) is 5.23. The number of aromatic nitrogens is 1. The smallest absolute Gasteiger partial charge is 0.358 e. The largest absolute Gasteiger partial charge is 0.448 e. The molecule has 0 spiro atoms. The summed E-state index contributed by atoms with van der Waals surface area (Å²) in [5, 5.41) is 12.0. The predicted octanol–water partition coefficient (Wildman–Crippen LogP) is 4.04.